The van der Waals surface area contributed by atoms with E-state index in [1.54, 1.807) is 0 Å². The van der Waals surface area contributed by atoms with Crippen molar-refractivity contribution in [2.45, 2.75) is 20.8 Å². The van der Waals surface area contributed by atoms with Crippen molar-refractivity contribution in [2.75, 3.05) is 6.54 Å². The van der Waals surface area contributed by atoms with Gasteiger partial charge in [-0.05, 0) is 12.5 Å². The van der Waals surface area contributed by atoms with Crippen LogP contribution in [0.2, 0.25) is 0 Å². The molecule has 0 fully saturated rings. The second kappa shape index (κ2) is 5.78. The number of rotatable bonds is 1. The van der Waals surface area contributed by atoms with Gasteiger partial charge in [-0.25, -0.2) is 0 Å². The molecule has 0 saturated heterocycles. The van der Waals surface area contributed by atoms with Crippen LogP contribution in [0.5, 0.6) is 0 Å². The zero-order valence-electron chi connectivity index (χ0n) is 7.65. The van der Waals surface area contributed by atoms with Crippen LogP contribution in [0.1, 0.15) is 20.8 Å². The lowest BCUT2D eigenvalue weighted by Gasteiger charge is -2.10. The Morgan fingerprint density at radius 1 is 1.55 bits per heavy atom. The molecule has 1 rings (SSSR count). The molecular formula is C10H17N. The summed E-state index contributed by atoms with van der Waals surface area (Å²) in [6, 6.07) is 0. The number of nitrogens with one attached hydrogen (secondary N) is 1. The third-order valence-corrected chi connectivity index (χ3v) is 1.44. The molecular weight excluding hydrogens is 134 g/mol. The molecule has 0 amide bonds. The van der Waals surface area contributed by atoms with E-state index in [0.717, 1.165) is 6.54 Å². The van der Waals surface area contributed by atoms with Crippen LogP contribution in [-0.2, 0) is 0 Å². The highest BCUT2D eigenvalue weighted by atomic mass is 14.9. The van der Waals surface area contributed by atoms with Gasteiger partial charge in [0.2, 0.25) is 0 Å². The summed E-state index contributed by atoms with van der Waals surface area (Å²) in [6.45, 7) is 10.7. The molecule has 0 spiro atoms. The van der Waals surface area contributed by atoms with E-state index in [1.165, 1.54) is 11.3 Å². The number of dihydropyridines is 1. The van der Waals surface area contributed by atoms with Gasteiger partial charge in [0.25, 0.3) is 0 Å². The van der Waals surface area contributed by atoms with E-state index >= 15 is 0 Å². The molecule has 11 heavy (non-hydrogen) atoms. The Kier molecular flexibility index (Phi) is 5.26. The fourth-order valence-corrected chi connectivity index (χ4v) is 0.846. The van der Waals surface area contributed by atoms with Gasteiger partial charge in [-0.15, -0.1) is 0 Å². The van der Waals surface area contributed by atoms with Gasteiger partial charge in [0.05, 0.1) is 0 Å². The first kappa shape index (κ1) is 10.0. The smallest absolute Gasteiger partial charge is 0.0331 e. The quantitative estimate of drug-likeness (QED) is 0.607. The maximum atomic E-state index is 3.69. The normalized spacial score (nSPS) is 14.8. The predicted molar refractivity (Wildman–Crippen MR) is 51.4 cm³/mol. The highest BCUT2D eigenvalue weighted by molar-refractivity contribution is 5.35. The average molecular weight is 151 g/mol. The molecule has 0 aromatic heterocycles. The topological polar surface area (TPSA) is 12.0 Å². The van der Waals surface area contributed by atoms with E-state index in [9.17, 15) is 0 Å². The van der Waals surface area contributed by atoms with Gasteiger partial charge in [-0.2, -0.15) is 0 Å². The Morgan fingerprint density at radius 2 is 2.18 bits per heavy atom. The molecule has 0 aromatic rings. The van der Waals surface area contributed by atoms with E-state index < -0.39 is 0 Å². The van der Waals surface area contributed by atoms with Gasteiger partial charge in [0.1, 0.15) is 0 Å². The number of hydrogen-bond acceptors (Lipinski definition) is 1. The minimum absolute atomic E-state index is 0.948. The van der Waals surface area contributed by atoms with Gasteiger partial charge in [-0.3, -0.25) is 0 Å². The van der Waals surface area contributed by atoms with Crippen LogP contribution in [0.25, 0.3) is 0 Å². The second-order valence-corrected chi connectivity index (χ2v) is 2.07. The molecule has 1 aliphatic heterocycles. The molecule has 0 bridgehead atoms. The summed E-state index contributed by atoms with van der Waals surface area (Å²) in [5, 5.41) is 3.20. The molecule has 62 valence electrons. The van der Waals surface area contributed by atoms with E-state index in [4.69, 9.17) is 0 Å². The number of allylic oxidation sites excluding steroid dienone is 4. The Bertz CT molecular complexity index is 175. The van der Waals surface area contributed by atoms with Crippen LogP contribution in [-0.4, -0.2) is 6.54 Å². The van der Waals surface area contributed by atoms with Crippen molar-refractivity contribution >= 4 is 0 Å². The van der Waals surface area contributed by atoms with Crippen molar-refractivity contribution in [1.82, 2.24) is 5.32 Å². The molecule has 0 atom stereocenters. The van der Waals surface area contributed by atoms with Crippen LogP contribution in [0, 0.1) is 0 Å². The lowest BCUT2D eigenvalue weighted by Crippen LogP contribution is -2.15. The van der Waals surface area contributed by atoms with Gasteiger partial charge >= 0.3 is 0 Å². The van der Waals surface area contributed by atoms with Crippen LogP contribution in [0.4, 0.5) is 0 Å². The molecule has 0 radical (unpaired) electrons. The first-order valence-electron chi connectivity index (χ1n) is 4.08. The van der Waals surface area contributed by atoms with E-state index in [1.807, 2.05) is 19.9 Å². The standard InChI is InChI=1S/C8H11N.C2H6/c1-3-8-5-4-6-9-7(8)2;1-2/h3-5,9H,1,6H2,2H3;1-2H3. The molecule has 0 aromatic carbocycles. The minimum Gasteiger partial charge on any atom is -0.385 e. The summed E-state index contributed by atoms with van der Waals surface area (Å²) in [5.74, 6) is 0. The lowest BCUT2D eigenvalue weighted by atomic mass is 10.1. The van der Waals surface area contributed by atoms with Crippen molar-refractivity contribution in [2.24, 2.45) is 0 Å². The monoisotopic (exact) mass is 151 g/mol. The lowest BCUT2D eigenvalue weighted by molar-refractivity contribution is 0.880. The summed E-state index contributed by atoms with van der Waals surface area (Å²) in [5.41, 5.74) is 2.41. The van der Waals surface area contributed by atoms with Crippen molar-refractivity contribution in [3.63, 3.8) is 0 Å². The molecule has 1 heterocycles. The molecule has 1 N–H and O–H groups in total. The molecule has 0 unspecified atom stereocenters. The van der Waals surface area contributed by atoms with E-state index in [0.29, 0.717) is 0 Å². The first-order valence-corrected chi connectivity index (χ1v) is 4.08. The van der Waals surface area contributed by atoms with Crippen molar-refractivity contribution in [3.8, 4) is 0 Å². The zero-order valence-corrected chi connectivity index (χ0v) is 7.65. The summed E-state index contributed by atoms with van der Waals surface area (Å²) in [4.78, 5) is 0. The Balaban J connectivity index is 0.000000461. The molecule has 0 saturated carbocycles. The summed E-state index contributed by atoms with van der Waals surface area (Å²) < 4.78 is 0. The summed E-state index contributed by atoms with van der Waals surface area (Å²) in [6.07, 6.45) is 6.03. The molecule has 1 aliphatic rings. The van der Waals surface area contributed by atoms with Crippen LogP contribution < -0.4 is 5.32 Å². The second-order valence-electron chi connectivity index (χ2n) is 2.07. The molecule has 0 aliphatic carbocycles. The Morgan fingerprint density at radius 3 is 2.55 bits per heavy atom. The fraction of sp³-hybridized carbons (Fsp3) is 0.400. The van der Waals surface area contributed by atoms with Crippen LogP contribution in [0.3, 0.4) is 0 Å². The average Bonchev–Trinajstić information content (AvgIpc) is 2.09. The molecule has 1 nitrogen and oxygen atoms in total. The van der Waals surface area contributed by atoms with Gasteiger partial charge < -0.3 is 5.32 Å². The Labute approximate surface area is 69.5 Å². The SMILES string of the molecule is C=CC1=C(C)NCC=C1.CC. The third-order valence-electron chi connectivity index (χ3n) is 1.44. The van der Waals surface area contributed by atoms with Crippen molar-refractivity contribution in [1.29, 1.82) is 0 Å². The maximum Gasteiger partial charge on any atom is 0.0331 e. The van der Waals surface area contributed by atoms with Gasteiger partial charge in [0, 0.05) is 12.2 Å². The largest absolute Gasteiger partial charge is 0.385 e. The predicted octanol–water partition coefficient (Wildman–Crippen LogP) is 2.63. The first-order chi connectivity index (χ1) is 5.34. The number of hydrogen-bond donors (Lipinski definition) is 1. The minimum atomic E-state index is 0.948. The Hall–Kier alpha value is -0.980. The van der Waals surface area contributed by atoms with Crippen molar-refractivity contribution < 1.29 is 0 Å². The van der Waals surface area contributed by atoms with Crippen LogP contribution in [0.15, 0.2) is 36.1 Å². The van der Waals surface area contributed by atoms with Crippen LogP contribution >= 0.6 is 0 Å². The van der Waals surface area contributed by atoms with Crippen molar-refractivity contribution in [3.05, 3.63) is 36.1 Å². The summed E-state index contributed by atoms with van der Waals surface area (Å²) in [7, 11) is 0. The third kappa shape index (κ3) is 3.08. The fourth-order valence-electron chi connectivity index (χ4n) is 0.846. The summed E-state index contributed by atoms with van der Waals surface area (Å²) >= 11 is 0. The maximum absolute atomic E-state index is 3.69. The highest BCUT2D eigenvalue weighted by Crippen LogP contribution is 2.06. The van der Waals surface area contributed by atoms with E-state index in [2.05, 4.69) is 31.0 Å². The zero-order chi connectivity index (χ0) is 8.69. The molecule has 1 heteroatoms. The van der Waals surface area contributed by atoms with Gasteiger partial charge in [0.15, 0.2) is 0 Å². The van der Waals surface area contributed by atoms with E-state index in [-0.39, 0.29) is 0 Å². The highest BCUT2D eigenvalue weighted by Gasteiger charge is 1.96. The van der Waals surface area contributed by atoms with Gasteiger partial charge in [-0.1, -0.05) is 38.7 Å².